The maximum atomic E-state index is 13.9. The van der Waals surface area contributed by atoms with Crippen molar-refractivity contribution in [2.75, 3.05) is 6.54 Å². The third-order valence-corrected chi connectivity index (χ3v) is 7.88. The Bertz CT molecular complexity index is 1180. The first-order chi connectivity index (χ1) is 17.0. The first kappa shape index (κ1) is 23.4. The van der Waals surface area contributed by atoms with Gasteiger partial charge in [0.25, 0.3) is 5.91 Å². The lowest BCUT2D eigenvalue weighted by atomic mass is 9.86. The Morgan fingerprint density at radius 3 is 2.23 bits per heavy atom. The summed E-state index contributed by atoms with van der Waals surface area (Å²) in [6.07, 6.45) is 5.00. The molecule has 0 spiro atoms. The molecule has 1 atom stereocenters. The number of nitrogens with one attached hydrogen (secondary N) is 1. The van der Waals surface area contributed by atoms with E-state index in [0.29, 0.717) is 31.1 Å². The van der Waals surface area contributed by atoms with Crippen molar-refractivity contribution in [3.05, 3.63) is 84.1 Å². The minimum Gasteiger partial charge on any atom is -0.351 e. The highest BCUT2D eigenvalue weighted by Gasteiger charge is 2.48. The Morgan fingerprint density at radius 1 is 0.914 bits per heavy atom. The lowest BCUT2D eigenvalue weighted by Gasteiger charge is -2.45. The maximum Gasteiger partial charge on any atom is 0.271 e. The fourth-order valence-electron chi connectivity index (χ4n) is 5.61. The largest absolute Gasteiger partial charge is 0.351 e. The van der Waals surface area contributed by atoms with Crippen molar-refractivity contribution in [2.24, 2.45) is 5.92 Å². The van der Waals surface area contributed by atoms with Gasteiger partial charge in [-0.3, -0.25) is 9.59 Å². The van der Waals surface area contributed by atoms with Crippen LogP contribution in [0.3, 0.4) is 0 Å². The minimum atomic E-state index is -0.968. The normalized spacial score (nSPS) is 24.2. The molecule has 3 aromatic rings. The molecule has 0 radical (unpaired) electrons. The number of hydrogen-bond donors (Lipinski definition) is 1. The molecule has 2 aromatic carbocycles. The van der Waals surface area contributed by atoms with Gasteiger partial charge in [-0.2, -0.15) is 0 Å². The molecule has 1 fully saturated rings. The summed E-state index contributed by atoms with van der Waals surface area (Å²) in [5.74, 6) is 0.592. The minimum absolute atomic E-state index is 0.0446. The van der Waals surface area contributed by atoms with Crippen molar-refractivity contribution < 1.29 is 9.59 Å². The first-order valence-corrected chi connectivity index (χ1v) is 12.9. The van der Waals surface area contributed by atoms with E-state index < -0.39 is 5.54 Å². The molecule has 1 aliphatic carbocycles. The van der Waals surface area contributed by atoms with Crippen LogP contribution in [0.1, 0.15) is 55.6 Å². The maximum absolute atomic E-state index is 13.9. The second-order valence-corrected chi connectivity index (χ2v) is 10.5. The smallest absolute Gasteiger partial charge is 0.271 e. The summed E-state index contributed by atoms with van der Waals surface area (Å²) >= 11 is 0. The van der Waals surface area contributed by atoms with Crippen molar-refractivity contribution in [2.45, 2.75) is 64.1 Å². The van der Waals surface area contributed by atoms with Crippen molar-refractivity contribution >= 4 is 11.8 Å². The molecule has 182 valence electrons. The lowest BCUT2D eigenvalue weighted by molar-refractivity contribution is -0.133. The van der Waals surface area contributed by atoms with Gasteiger partial charge in [0.1, 0.15) is 11.2 Å². The second kappa shape index (κ2) is 9.73. The zero-order valence-corrected chi connectivity index (χ0v) is 20.7. The van der Waals surface area contributed by atoms with Crippen molar-refractivity contribution in [3.63, 3.8) is 0 Å². The van der Waals surface area contributed by atoms with E-state index in [-0.39, 0.29) is 17.9 Å². The third-order valence-electron chi connectivity index (χ3n) is 7.88. The van der Waals surface area contributed by atoms with E-state index in [1.54, 1.807) is 0 Å². The molecular formula is C30H35N3O2. The molecule has 5 heteroatoms. The summed E-state index contributed by atoms with van der Waals surface area (Å²) in [7, 11) is 0. The van der Waals surface area contributed by atoms with Gasteiger partial charge in [0.2, 0.25) is 5.91 Å². The molecule has 35 heavy (non-hydrogen) atoms. The molecule has 1 aromatic heterocycles. The molecule has 2 amide bonds. The summed E-state index contributed by atoms with van der Waals surface area (Å²) in [5.41, 5.74) is 2.87. The molecule has 2 heterocycles. The summed E-state index contributed by atoms with van der Waals surface area (Å²) in [6.45, 7) is 5.16. The van der Waals surface area contributed by atoms with Gasteiger partial charge in [-0.05, 0) is 68.2 Å². The third kappa shape index (κ3) is 4.64. The van der Waals surface area contributed by atoms with Crippen molar-refractivity contribution in [1.82, 2.24) is 14.8 Å². The Balaban J connectivity index is 1.47. The van der Waals surface area contributed by atoms with Gasteiger partial charge < -0.3 is 14.8 Å². The van der Waals surface area contributed by atoms with Crippen LogP contribution in [0.15, 0.2) is 72.8 Å². The van der Waals surface area contributed by atoms with E-state index >= 15 is 0 Å². The molecule has 0 bridgehead atoms. The van der Waals surface area contributed by atoms with Crippen molar-refractivity contribution in [3.8, 4) is 11.3 Å². The number of carbonyl (C=O) groups excluding carboxylic acids is 2. The molecule has 0 saturated heterocycles. The Kier molecular flexibility index (Phi) is 6.50. The van der Waals surface area contributed by atoms with Crippen LogP contribution in [0.25, 0.3) is 11.3 Å². The number of rotatable bonds is 6. The number of hydrogen-bond acceptors (Lipinski definition) is 2. The number of carbonyl (C=O) groups is 2. The van der Waals surface area contributed by atoms with E-state index in [4.69, 9.17) is 0 Å². The summed E-state index contributed by atoms with van der Waals surface area (Å²) in [4.78, 5) is 29.6. The Hall–Kier alpha value is -3.34. The fraction of sp³-hybridized carbons (Fsp3) is 0.400. The standard InChI is InChI=1S/C30H35N3O2/c1-22-13-15-25(16-14-22)31-29(35)30(2)21-32-26(24-11-7-4-8-12-24)17-18-27(32)28(34)33(30)20-19-23-9-5-3-6-10-23/h3-12,17-18,22,25H,13-16,19-21H2,1-2H3,(H,31,35)/t22?,25?,30-/m1/s1. The quantitative estimate of drug-likeness (QED) is 0.532. The van der Waals surface area contributed by atoms with Gasteiger partial charge in [-0.15, -0.1) is 0 Å². The molecule has 5 nitrogen and oxygen atoms in total. The van der Waals surface area contributed by atoms with Crippen LogP contribution in [0.4, 0.5) is 0 Å². The van der Waals surface area contributed by atoms with E-state index in [2.05, 4.69) is 36.5 Å². The zero-order chi connectivity index (χ0) is 24.4. The van der Waals surface area contributed by atoms with E-state index in [9.17, 15) is 9.59 Å². The topological polar surface area (TPSA) is 54.3 Å². The van der Waals surface area contributed by atoms with Crippen LogP contribution < -0.4 is 5.32 Å². The highest BCUT2D eigenvalue weighted by atomic mass is 16.2. The average molecular weight is 470 g/mol. The fourth-order valence-corrected chi connectivity index (χ4v) is 5.61. The second-order valence-electron chi connectivity index (χ2n) is 10.5. The molecule has 1 N–H and O–H groups in total. The predicted octanol–water partition coefficient (Wildman–Crippen LogP) is 5.31. The average Bonchev–Trinajstić information content (AvgIpc) is 3.30. The van der Waals surface area contributed by atoms with Gasteiger partial charge in [0.15, 0.2) is 0 Å². The zero-order valence-electron chi connectivity index (χ0n) is 20.7. The van der Waals surface area contributed by atoms with Crippen LogP contribution >= 0.6 is 0 Å². The number of aromatic nitrogens is 1. The first-order valence-electron chi connectivity index (χ1n) is 12.9. The number of fused-ring (bicyclic) bond motifs is 1. The Labute approximate surface area is 208 Å². The van der Waals surface area contributed by atoms with Gasteiger partial charge in [-0.1, -0.05) is 67.6 Å². The number of nitrogens with zero attached hydrogens (tertiary/aromatic N) is 2. The molecular weight excluding hydrogens is 434 g/mol. The van der Waals surface area contributed by atoms with Crippen LogP contribution in [-0.2, 0) is 17.8 Å². The molecule has 0 unspecified atom stereocenters. The summed E-state index contributed by atoms with van der Waals surface area (Å²) in [6, 6.07) is 24.4. The summed E-state index contributed by atoms with van der Waals surface area (Å²) in [5, 5.41) is 3.33. The molecule has 5 rings (SSSR count). The van der Waals surface area contributed by atoms with Crippen LogP contribution in [0.2, 0.25) is 0 Å². The number of benzene rings is 2. The highest BCUT2D eigenvalue weighted by molar-refractivity contribution is 6.00. The monoisotopic (exact) mass is 469 g/mol. The van der Waals surface area contributed by atoms with Gasteiger partial charge in [0.05, 0.1) is 6.54 Å². The van der Waals surface area contributed by atoms with Crippen LogP contribution in [-0.4, -0.2) is 39.4 Å². The van der Waals surface area contributed by atoms with Crippen LogP contribution in [0.5, 0.6) is 0 Å². The number of amides is 2. The van der Waals surface area contributed by atoms with Gasteiger partial charge >= 0.3 is 0 Å². The van der Waals surface area contributed by atoms with Crippen LogP contribution in [0, 0.1) is 5.92 Å². The molecule has 1 aliphatic heterocycles. The summed E-state index contributed by atoms with van der Waals surface area (Å²) < 4.78 is 2.04. The van der Waals surface area contributed by atoms with Gasteiger partial charge in [0, 0.05) is 18.3 Å². The Morgan fingerprint density at radius 2 is 1.54 bits per heavy atom. The highest BCUT2D eigenvalue weighted by Crippen LogP contribution is 2.34. The predicted molar refractivity (Wildman–Crippen MR) is 139 cm³/mol. The van der Waals surface area contributed by atoms with Crippen molar-refractivity contribution in [1.29, 1.82) is 0 Å². The molecule has 2 aliphatic rings. The van der Waals surface area contributed by atoms with Gasteiger partial charge in [-0.25, -0.2) is 0 Å². The lowest BCUT2D eigenvalue weighted by Crippen LogP contribution is -2.65. The van der Waals surface area contributed by atoms with E-state index in [1.165, 1.54) is 0 Å². The van der Waals surface area contributed by atoms with E-state index in [1.807, 2.05) is 64.9 Å². The van der Waals surface area contributed by atoms with E-state index in [0.717, 1.165) is 42.5 Å². The molecule has 1 saturated carbocycles. The SMILES string of the molecule is CC1CCC(NC(=O)[C@@]2(C)Cn3c(ccc3-c3ccccc3)C(=O)N2CCc2ccccc2)CC1.